The van der Waals surface area contributed by atoms with E-state index in [-0.39, 0.29) is 26.2 Å². The van der Waals surface area contributed by atoms with Gasteiger partial charge in [-0.15, -0.1) is 29.8 Å². The van der Waals surface area contributed by atoms with Crippen LogP contribution in [0.5, 0.6) is 0 Å². The summed E-state index contributed by atoms with van der Waals surface area (Å²) in [6.45, 7) is 7.44. The van der Waals surface area contributed by atoms with Crippen molar-refractivity contribution in [1.29, 1.82) is 0 Å². The van der Waals surface area contributed by atoms with Crippen molar-refractivity contribution in [3.63, 3.8) is 0 Å². The Hall–Kier alpha value is -2.50. The van der Waals surface area contributed by atoms with Crippen LogP contribution in [0.25, 0.3) is 11.1 Å². The van der Waals surface area contributed by atoms with E-state index in [1.807, 2.05) is 66.7 Å². The van der Waals surface area contributed by atoms with Gasteiger partial charge in [0.05, 0.1) is 0 Å². The van der Waals surface area contributed by atoms with Gasteiger partial charge in [0.2, 0.25) is 0 Å². The van der Waals surface area contributed by atoms with Gasteiger partial charge < -0.3 is 0 Å². The minimum atomic E-state index is 0. The monoisotopic (exact) mass is 437 g/mol. The van der Waals surface area contributed by atoms with Crippen molar-refractivity contribution in [2.45, 2.75) is 6.42 Å². The summed E-state index contributed by atoms with van der Waals surface area (Å²) < 4.78 is 0. The molecule has 5 rings (SSSR count). The third-order valence-electron chi connectivity index (χ3n) is 4.30. The summed E-state index contributed by atoms with van der Waals surface area (Å²) in [4.78, 5) is 0. The van der Waals surface area contributed by atoms with Gasteiger partial charge in [-0.25, -0.2) is 0 Å². The maximum Gasteiger partial charge on any atom is 3.00 e. The Morgan fingerprint density at radius 1 is 0.571 bits per heavy atom. The van der Waals surface area contributed by atoms with E-state index >= 15 is 0 Å². The molecule has 4 aromatic carbocycles. The van der Waals surface area contributed by atoms with Gasteiger partial charge in [0, 0.05) is 0 Å². The van der Waals surface area contributed by atoms with Crippen LogP contribution in [0.4, 0.5) is 0 Å². The fourth-order valence-corrected chi connectivity index (χ4v) is 2.95. The average molecular weight is 439 g/mol. The molecule has 1 aliphatic rings. The van der Waals surface area contributed by atoms with E-state index < -0.39 is 0 Å². The fourth-order valence-electron chi connectivity index (χ4n) is 2.95. The molecule has 0 aromatic heterocycles. The fraction of sp³-hybridized carbons (Fsp3) is 0.0370. The van der Waals surface area contributed by atoms with E-state index in [9.17, 15) is 0 Å². The number of hydrogen-bond donors (Lipinski definition) is 0. The molecule has 0 amide bonds. The molecule has 1 heteroatoms. The third kappa shape index (κ3) is 6.29. The molecule has 1 radical (unpaired) electrons. The normalized spacial score (nSPS) is 10.0. The predicted molar refractivity (Wildman–Crippen MR) is 115 cm³/mol. The van der Waals surface area contributed by atoms with Crippen molar-refractivity contribution >= 4 is 0 Å². The van der Waals surface area contributed by atoms with Crippen molar-refractivity contribution in [2.24, 2.45) is 0 Å². The minimum Gasteiger partial charge on any atom is -0.199 e. The maximum atomic E-state index is 3.72. The van der Waals surface area contributed by atoms with E-state index in [1.54, 1.807) is 0 Å². The second-order valence-electron chi connectivity index (χ2n) is 6.37. The molecule has 0 unspecified atom stereocenters. The van der Waals surface area contributed by atoms with Gasteiger partial charge in [-0.1, -0.05) is 47.5 Å². The van der Waals surface area contributed by atoms with Crippen LogP contribution in [0.2, 0.25) is 0 Å². The van der Waals surface area contributed by atoms with Crippen LogP contribution >= 0.6 is 0 Å². The van der Waals surface area contributed by atoms with Gasteiger partial charge in [-0.05, 0) is 6.42 Å². The maximum absolute atomic E-state index is 3.72. The first-order chi connectivity index (χ1) is 13.2. The van der Waals surface area contributed by atoms with E-state index in [0.29, 0.717) is 0 Å². The number of hydrogen-bond acceptors (Lipinski definition) is 0. The van der Waals surface area contributed by atoms with E-state index in [0.717, 1.165) is 17.5 Å². The molecule has 0 spiro atoms. The zero-order valence-electron chi connectivity index (χ0n) is 15.9. The molecule has 0 nitrogen and oxygen atoms in total. The number of rotatable bonds is 0. The van der Waals surface area contributed by atoms with E-state index in [4.69, 9.17) is 0 Å². The Morgan fingerprint density at radius 2 is 1.07 bits per heavy atom. The standard InChI is InChI=1S/C13H9.2C7H7.Zr/c1-3-7-12-10(5-1)9-11-6-2-4-8-13(11)12;2*1-7-5-3-2-4-6-7;/h1-5,7-8H,9H2;2*2-6H,1H2;/q3*-1;+3. The zero-order chi connectivity index (χ0) is 18.9. The van der Waals surface area contributed by atoms with Crippen LogP contribution in [0.15, 0.2) is 103 Å². The van der Waals surface area contributed by atoms with Crippen LogP contribution in [0.3, 0.4) is 0 Å². The molecule has 1 aliphatic carbocycles. The molecule has 0 saturated heterocycles. The topological polar surface area (TPSA) is 0 Å². The summed E-state index contributed by atoms with van der Waals surface area (Å²) >= 11 is 0. The third-order valence-corrected chi connectivity index (χ3v) is 4.30. The van der Waals surface area contributed by atoms with Crippen molar-refractivity contribution in [1.82, 2.24) is 0 Å². The summed E-state index contributed by atoms with van der Waals surface area (Å²) in [7, 11) is 0. The summed E-state index contributed by atoms with van der Waals surface area (Å²) in [5, 5.41) is 0. The molecule has 0 fully saturated rings. The van der Waals surface area contributed by atoms with Gasteiger partial charge >= 0.3 is 26.2 Å². The molecule has 28 heavy (non-hydrogen) atoms. The molecule has 4 aromatic rings. The molecule has 0 N–H and O–H groups in total. The van der Waals surface area contributed by atoms with Gasteiger partial charge in [-0.2, -0.15) is 79.1 Å². The second-order valence-corrected chi connectivity index (χ2v) is 6.37. The second kappa shape index (κ2) is 11.4. The number of benzene rings is 4. The molecule has 0 aliphatic heterocycles. The first-order valence-electron chi connectivity index (χ1n) is 9.06. The smallest absolute Gasteiger partial charge is 0.199 e. The molecule has 0 heterocycles. The van der Waals surface area contributed by atoms with Crippen molar-refractivity contribution < 1.29 is 26.2 Å². The summed E-state index contributed by atoms with van der Waals surface area (Å²) in [5.41, 5.74) is 7.65. The van der Waals surface area contributed by atoms with Crippen LogP contribution in [-0.2, 0) is 32.6 Å². The van der Waals surface area contributed by atoms with Crippen molar-refractivity contribution in [3.8, 4) is 11.1 Å². The van der Waals surface area contributed by atoms with Crippen molar-refractivity contribution in [3.05, 3.63) is 145 Å². The summed E-state index contributed by atoms with van der Waals surface area (Å²) in [6, 6.07) is 37.9. The van der Waals surface area contributed by atoms with Crippen molar-refractivity contribution in [2.75, 3.05) is 0 Å². The van der Waals surface area contributed by atoms with E-state index in [2.05, 4.69) is 56.3 Å². The molecule has 0 atom stereocenters. The van der Waals surface area contributed by atoms with Crippen LogP contribution < -0.4 is 0 Å². The largest absolute Gasteiger partial charge is 3.00 e. The van der Waals surface area contributed by atoms with Crippen LogP contribution in [-0.4, -0.2) is 0 Å². The predicted octanol–water partition coefficient (Wildman–Crippen LogP) is 6.79. The Bertz CT molecular complexity index is 878. The molecular formula is C27H23Zr. The average Bonchev–Trinajstić information content (AvgIpc) is 3.09. The first-order valence-corrected chi connectivity index (χ1v) is 9.06. The summed E-state index contributed by atoms with van der Waals surface area (Å²) in [5.74, 6) is 0. The SMILES string of the molecule is [CH2-]c1ccccc1.[CH2-]c1ccccc1.[Zr+3].[c-]1cccc2c1Cc1ccccc1-2. The Balaban J connectivity index is 0.000000161. The zero-order valence-corrected chi connectivity index (χ0v) is 18.4. The minimum absolute atomic E-state index is 0. The van der Waals surface area contributed by atoms with Gasteiger partial charge in [-0.3, -0.25) is 0 Å². The van der Waals surface area contributed by atoms with Crippen LogP contribution in [0, 0.1) is 19.9 Å². The molecule has 135 valence electrons. The molecule has 0 saturated carbocycles. The van der Waals surface area contributed by atoms with Gasteiger partial charge in [0.1, 0.15) is 0 Å². The van der Waals surface area contributed by atoms with Gasteiger partial charge in [0.25, 0.3) is 0 Å². The van der Waals surface area contributed by atoms with Crippen LogP contribution in [0.1, 0.15) is 22.3 Å². The van der Waals surface area contributed by atoms with E-state index in [1.165, 1.54) is 22.3 Å². The quantitative estimate of drug-likeness (QED) is 0.233. The molecule has 0 bridgehead atoms. The van der Waals surface area contributed by atoms with Gasteiger partial charge in [0.15, 0.2) is 0 Å². The first kappa shape index (κ1) is 21.8. The summed E-state index contributed by atoms with van der Waals surface area (Å²) in [6.07, 6.45) is 1.05. The molecular weight excluding hydrogens is 416 g/mol. The Labute approximate surface area is 188 Å². The Kier molecular flexibility index (Phi) is 8.85. The number of fused-ring (bicyclic) bond motifs is 3. The Morgan fingerprint density at radius 3 is 1.61 bits per heavy atom.